The molecule has 4 nitrogen and oxygen atoms in total. The number of amides is 1. The highest BCUT2D eigenvalue weighted by Crippen LogP contribution is 2.19. The second kappa shape index (κ2) is 6.57. The summed E-state index contributed by atoms with van der Waals surface area (Å²) in [6.07, 6.45) is 1.11. The molecule has 106 valence electrons. The molecule has 0 aliphatic heterocycles. The molecule has 1 atom stereocenters. The number of ether oxygens (including phenoxy) is 1. The van der Waals surface area contributed by atoms with E-state index < -0.39 is 0 Å². The fourth-order valence-corrected chi connectivity index (χ4v) is 1.74. The predicted molar refractivity (Wildman–Crippen MR) is 77.1 cm³/mol. The highest BCUT2D eigenvalue weighted by molar-refractivity contribution is 5.76. The van der Waals surface area contributed by atoms with E-state index in [-0.39, 0.29) is 17.5 Å². The molecule has 0 saturated carbocycles. The topological polar surface area (TPSA) is 64.3 Å². The van der Waals surface area contributed by atoms with Crippen molar-refractivity contribution in [3.8, 4) is 5.75 Å². The molecule has 0 fully saturated rings. The van der Waals surface area contributed by atoms with Crippen LogP contribution in [0.2, 0.25) is 0 Å². The number of nitrogens with two attached hydrogens (primary N) is 1. The van der Waals surface area contributed by atoms with Gasteiger partial charge in [-0.25, -0.2) is 0 Å². The SMILES string of the molecule is COc1cccc([C@H](C)NC(=O)CCC(C)(C)N)c1. The summed E-state index contributed by atoms with van der Waals surface area (Å²) in [7, 11) is 1.63. The van der Waals surface area contributed by atoms with Gasteiger partial charge in [-0.05, 0) is 44.9 Å². The van der Waals surface area contributed by atoms with Crippen molar-refractivity contribution in [2.75, 3.05) is 7.11 Å². The summed E-state index contributed by atoms with van der Waals surface area (Å²) < 4.78 is 5.17. The monoisotopic (exact) mass is 264 g/mol. The predicted octanol–water partition coefficient (Wildman–Crippen LogP) is 2.39. The molecule has 0 aliphatic carbocycles. The Bertz CT molecular complexity index is 424. The van der Waals surface area contributed by atoms with Gasteiger partial charge < -0.3 is 15.8 Å². The molecule has 0 radical (unpaired) electrons. The van der Waals surface area contributed by atoms with Crippen molar-refractivity contribution >= 4 is 5.91 Å². The average molecular weight is 264 g/mol. The van der Waals surface area contributed by atoms with Gasteiger partial charge >= 0.3 is 0 Å². The third-order valence-corrected chi connectivity index (χ3v) is 2.97. The summed E-state index contributed by atoms with van der Waals surface area (Å²) in [5, 5.41) is 2.97. The van der Waals surface area contributed by atoms with E-state index in [1.165, 1.54) is 0 Å². The molecular formula is C15H24N2O2. The van der Waals surface area contributed by atoms with Crippen molar-refractivity contribution in [3.05, 3.63) is 29.8 Å². The second-order valence-electron chi connectivity index (χ2n) is 5.55. The molecule has 0 heterocycles. The number of hydrogen-bond acceptors (Lipinski definition) is 3. The lowest BCUT2D eigenvalue weighted by molar-refractivity contribution is -0.122. The van der Waals surface area contributed by atoms with Crippen molar-refractivity contribution in [1.82, 2.24) is 5.32 Å². The van der Waals surface area contributed by atoms with Crippen molar-refractivity contribution in [3.63, 3.8) is 0 Å². The van der Waals surface area contributed by atoms with Crippen LogP contribution in [0.4, 0.5) is 0 Å². The second-order valence-corrected chi connectivity index (χ2v) is 5.55. The van der Waals surface area contributed by atoms with E-state index in [0.29, 0.717) is 12.8 Å². The first kappa shape index (κ1) is 15.5. The lowest BCUT2D eigenvalue weighted by atomic mass is 9.99. The number of carbonyl (C=O) groups excluding carboxylic acids is 1. The highest BCUT2D eigenvalue weighted by atomic mass is 16.5. The van der Waals surface area contributed by atoms with Gasteiger partial charge in [0.15, 0.2) is 0 Å². The van der Waals surface area contributed by atoms with E-state index in [1.54, 1.807) is 7.11 Å². The zero-order valence-corrected chi connectivity index (χ0v) is 12.2. The minimum atomic E-state index is -0.309. The van der Waals surface area contributed by atoms with Gasteiger partial charge in [-0.15, -0.1) is 0 Å². The maximum Gasteiger partial charge on any atom is 0.220 e. The van der Waals surface area contributed by atoms with Gasteiger partial charge in [0.2, 0.25) is 5.91 Å². The van der Waals surface area contributed by atoms with Crippen LogP contribution in [0, 0.1) is 0 Å². The summed E-state index contributed by atoms with van der Waals surface area (Å²) in [6.45, 7) is 5.80. The first-order valence-electron chi connectivity index (χ1n) is 6.54. The Morgan fingerprint density at radius 3 is 2.74 bits per heavy atom. The lowest BCUT2D eigenvalue weighted by Gasteiger charge is -2.19. The maximum atomic E-state index is 11.8. The van der Waals surface area contributed by atoms with Crippen molar-refractivity contribution in [2.45, 2.75) is 45.2 Å². The van der Waals surface area contributed by atoms with Crippen molar-refractivity contribution < 1.29 is 9.53 Å². The Morgan fingerprint density at radius 2 is 2.16 bits per heavy atom. The van der Waals surface area contributed by atoms with Crippen LogP contribution in [0.25, 0.3) is 0 Å². The minimum Gasteiger partial charge on any atom is -0.497 e. The molecule has 0 spiro atoms. The van der Waals surface area contributed by atoms with E-state index >= 15 is 0 Å². The van der Waals surface area contributed by atoms with Gasteiger partial charge in [0.05, 0.1) is 13.2 Å². The standard InChI is InChI=1S/C15H24N2O2/c1-11(12-6-5-7-13(10-12)19-4)17-14(18)8-9-15(2,3)16/h5-7,10-11H,8-9,16H2,1-4H3,(H,17,18)/t11-/m0/s1. The summed E-state index contributed by atoms with van der Waals surface area (Å²) in [4.78, 5) is 11.8. The normalized spacial score (nSPS) is 12.9. The summed E-state index contributed by atoms with van der Waals surface area (Å²) in [5.74, 6) is 0.815. The lowest BCUT2D eigenvalue weighted by Crippen LogP contribution is -2.35. The fourth-order valence-electron chi connectivity index (χ4n) is 1.74. The van der Waals surface area contributed by atoms with Crippen LogP contribution in [0.1, 0.15) is 45.2 Å². The smallest absolute Gasteiger partial charge is 0.220 e. The summed E-state index contributed by atoms with van der Waals surface area (Å²) in [5.41, 5.74) is 6.59. The summed E-state index contributed by atoms with van der Waals surface area (Å²) in [6, 6.07) is 7.66. The Morgan fingerprint density at radius 1 is 1.47 bits per heavy atom. The van der Waals surface area contributed by atoms with Crippen molar-refractivity contribution in [1.29, 1.82) is 0 Å². The van der Waals surface area contributed by atoms with E-state index in [9.17, 15) is 4.79 Å². The van der Waals surface area contributed by atoms with Gasteiger partial charge in [-0.2, -0.15) is 0 Å². The molecule has 0 aliphatic rings. The zero-order chi connectivity index (χ0) is 14.5. The van der Waals surface area contributed by atoms with Gasteiger partial charge in [0.1, 0.15) is 5.75 Å². The molecule has 0 aromatic heterocycles. The first-order chi connectivity index (χ1) is 8.81. The molecule has 3 N–H and O–H groups in total. The summed E-state index contributed by atoms with van der Waals surface area (Å²) >= 11 is 0. The van der Waals surface area contributed by atoms with Gasteiger partial charge in [0, 0.05) is 12.0 Å². The Balaban J connectivity index is 2.54. The number of hydrogen-bond donors (Lipinski definition) is 2. The zero-order valence-electron chi connectivity index (χ0n) is 12.2. The van der Waals surface area contributed by atoms with E-state index in [0.717, 1.165) is 11.3 Å². The molecule has 1 rings (SSSR count). The fraction of sp³-hybridized carbons (Fsp3) is 0.533. The van der Waals surface area contributed by atoms with E-state index in [4.69, 9.17) is 10.5 Å². The van der Waals surface area contributed by atoms with Gasteiger partial charge in [-0.3, -0.25) is 4.79 Å². The largest absolute Gasteiger partial charge is 0.497 e. The number of benzene rings is 1. The quantitative estimate of drug-likeness (QED) is 0.829. The molecular weight excluding hydrogens is 240 g/mol. The molecule has 1 aromatic carbocycles. The van der Waals surface area contributed by atoms with Crippen LogP contribution in [-0.4, -0.2) is 18.6 Å². The molecule has 0 saturated heterocycles. The van der Waals surface area contributed by atoms with Gasteiger partial charge in [0.25, 0.3) is 0 Å². The molecule has 0 unspecified atom stereocenters. The third-order valence-electron chi connectivity index (χ3n) is 2.97. The minimum absolute atomic E-state index is 0.0221. The third kappa shape index (κ3) is 5.75. The molecule has 1 amide bonds. The molecule has 19 heavy (non-hydrogen) atoms. The van der Waals surface area contributed by atoms with Crippen molar-refractivity contribution in [2.24, 2.45) is 5.73 Å². The molecule has 0 bridgehead atoms. The van der Waals surface area contributed by atoms with E-state index in [2.05, 4.69) is 5.32 Å². The van der Waals surface area contributed by atoms with Crippen LogP contribution >= 0.6 is 0 Å². The van der Waals surface area contributed by atoms with E-state index in [1.807, 2.05) is 45.0 Å². The van der Waals surface area contributed by atoms with Crippen LogP contribution in [0.3, 0.4) is 0 Å². The van der Waals surface area contributed by atoms with Crippen LogP contribution in [0.15, 0.2) is 24.3 Å². The Labute approximate surface area is 115 Å². The van der Waals surface area contributed by atoms with Crippen LogP contribution < -0.4 is 15.8 Å². The number of carbonyl (C=O) groups is 1. The molecule has 4 heteroatoms. The number of rotatable bonds is 6. The number of methoxy groups -OCH3 is 1. The molecule has 1 aromatic rings. The Hall–Kier alpha value is -1.55. The van der Waals surface area contributed by atoms with Gasteiger partial charge in [-0.1, -0.05) is 12.1 Å². The highest BCUT2D eigenvalue weighted by Gasteiger charge is 2.15. The average Bonchev–Trinajstić information content (AvgIpc) is 2.35. The maximum absolute atomic E-state index is 11.8. The van der Waals surface area contributed by atoms with Crippen LogP contribution in [0.5, 0.6) is 5.75 Å². The van der Waals surface area contributed by atoms with Crippen LogP contribution in [-0.2, 0) is 4.79 Å². The number of nitrogens with one attached hydrogen (secondary N) is 1. The Kier molecular flexibility index (Phi) is 5.36. The first-order valence-corrected chi connectivity index (χ1v) is 6.54.